The Morgan fingerprint density at radius 3 is 2.86 bits per heavy atom. The third kappa shape index (κ3) is 2.44. The van der Waals surface area contributed by atoms with Crippen LogP contribution in [0.25, 0.3) is 0 Å². The molecule has 1 aliphatic heterocycles. The summed E-state index contributed by atoms with van der Waals surface area (Å²) in [6.45, 7) is 2.98. The fourth-order valence-corrected chi connectivity index (χ4v) is 2.75. The van der Waals surface area contributed by atoms with E-state index in [1.165, 1.54) is 5.56 Å². The van der Waals surface area contributed by atoms with Gasteiger partial charge in [-0.3, -0.25) is 4.79 Å². The molecule has 0 atom stereocenters. The summed E-state index contributed by atoms with van der Waals surface area (Å²) in [5, 5.41) is 10.1. The minimum Gasteiger partial charge on any atom is -0.507 e. The van der Waals surface area contributed by atoms with Crippen LogP contribution in [0.2, 0.25) is 0 Å². The highest BCUT2D eigenvalue weighted by Gasteiger charge is 2.24. The number of anilines is 1. The van der Waals surface area contributed by atoms with Crippen LogP contribution in [0.1, 0.15) is 27.0 Å². The van der Waals surface area contributed by atoms with Crippen LogP contribution in [0.3, 0.4) is 0 Å². The summed E-state index contributed by atoms with van der Waals surface area (Å²) in [7, 11) is 0. The molecule has 0 spiro atoms. The lowest BCUT2D eigenvalue weighted by Gasteiger charge is -2.29. The minimum atomic E-state index is -0.135. The van der Waals surface area contributed by atoms with E-state index in [4.69, 9.17) is 5.73 Å². The molecule has 0 bridgehead atoms. The van der Waals surface area contributed by atoms with Gasteiger partial charge in [0.15, 0.2) is 0 Å². The number of fused-ring (bicyclic) bond motifs is 1. The van der Waals surface area contributed by atoms with Gasteiger partial charge in [-0.1, -0.05) is 18.2 Å². The normalized spacial score (nSPS) is 13.9. The van der Waals surface area contributed by atoms with Crippen LogP contribution < -0.4 is 5.73 Å². The molecule has 108 valence electrons. The molecule has 4 heteroatoms. The summed E-state index contributed by atoms with van der Waals surface area (Å²) in [4.78, 5) is 14.4. The number of carbonyl (C=O) groups excluding carboxylic acids is 1. The lowest BCUT2D eigenvalue weighted by atomic mass is 9.98. The molecular weight excluding hydrogens is 264 g/mol. The Morgan fingerprint density at radius 1 is 1.24 bits per heavy atom. The van der Waals surface area contributed by atoms with Crippen molar-refractivity contribution in [2.75, 3.05) is 12.3 Å². The topological polar surface area (TPSA) is 66.6 Å². The summed E-state index contributed by atoms with van der Waals surface area (Å²) >= 11 is 0. The zero-order valence-corrected chi connectivity index (χ0v) is 12.0. The van der Waals surface area contributed by atoms with E-state index < -0.39 is 0 Å². The van der Waals surface area contributed by atoms with Crippen molar-refractivity contribution < 1.29 is 9.90 Å². The molecule has 0 saturated heterocycles. The third-order valence-corrected chi connectivity index (χ3v) is 4.00. The second-order valence-corrected chi connectivity index (χ2v) is 5.48. The van der Waals surface area contributed by atoms with E-state index in [0.717, 1.165) is 12.0 Å². The predicted octanol–water partition coefficient (Wildman–Crippen LogP) is 2.48. The number of hydrogen-bond donors (Lipinski definition) is 2. The van der Waals surface area contributed by atoms with E-state index >= 15 is 0 Å². The van der Waals surface area contributed by atoms with Crippen LogP contribution in [0.4, 0.5) is 5.69 Å². The number of phenols is 1. The SMILES string of the molecule is Cc1cccc(C(=O)N2CCc3ccc(N)cc3C2)c1O. The molecule has 2 aromatic rings. The Hall–Kier alpha value is -2.49. The monoisotopic (exact) mass is 282 g/mol. The zero-order valence-electron chi connectivity index (χ0n) is 12.0. The largest absolute Gasteiger partial charge is 0.507 e. The zero-order chi connectivity index (χ0) is 15.0. The lowest BCUT2D eigenvalue weighted by Crippen LogP contribution is -2.36. The maximum atomic E-state index is 12.6. The van der Waals surface area contributed by atoms with Gasteiger partial charge in [-0.25, -0.2) is 0 Å². The molecule has 0 fully saturated rings. The molecule has 0 aliphatic carbocycles. The van der Waals surface area contributed by atoms with Gasteiger partial charge >= 0.3 is 0 Å². The second-order valence-electron chi connectivity index (χ2n) is 5.48. The first-order chi connectivity index (χ1) is 10.1. The van der Waals surface area contributed by atoms with Gasteiger partial charge in [-0.05, 0) is 48.2 Å². The second kappa shape index (κ2) is 5.13. The quantitative estimate of drug-likeness (QED) is 0.790. The summed E-state index contributed by atoms with van der Waals surface area (Å²) in [5.41, 5.74) is 9.92. The van der Waals surface area contributed by atoms with E-state index in [1.54, 1.807) is 30.0 Å². The van der Waals surface area contributed by atoms with Crippen LogP contribution in [0.5, 0.6) is 5.75 Å². The molecule has 0 unspecified atom stereocenters. The maximum absolute atomic E-state index is 12.6. The highest BCUT2D eigenvalue weighted by Crippen LogP contribution is 2.26. The van der Waals surface area contributed by atoms with Crippen molar-refractivity contribution in [1.29, 1.82) is 0 Å². The average molecular weight is 282 g/mol. The van der Waals surface area contributed by atoms with E-state index in [9.17, 15) is 9.90 Å². The molecule has 0 radical (unpaired) electrons. The molecular formula is C17H18N2O2. The fraction of sp³-hybridized carbons (Fsp3) is 0.235. The van der Waals surface area contributed by atoms with E-state index in [2.05, 4.69) is 0 Å². The smallest absolute Gasteiger partial charge is 0.257 e. The first kappa shape index (κ1) is 13.5. The van der Waals surface area contributed by atoms with Crippen LogP contribution in [-0.2, 0) is 13.0 Å². The molecule has 0 aromatic heterocycles. The maximum Gasteiger partial charge on any atom is 0.257 e. The number of aromatic hydroxyl groups is 1. The average Bonchev–Trinajstić information content (AvgIpc) is 2.48. The predicted molar refractivity (Wildman–Crippen MR) is 82.1 cm³/mol. The van der Waals surface area contributed by atoms with Crippen molar-refractivity contribution >= 4 is 11.6 Å². The van der Waals surface area contributed by atoms with Crippen molar-refractivity contribution in [3.05, 3.63) is 58.7 Å². The number of aryl methyl sites for hydroxylation is 1. The van der Waals surface area contributed by atoms with E-state index in [1.807, 2.05) is 18.2 Å². The number of phenolic OH excluding ortho intramolecular Hbond substituents is 1. The Labute approximate surface area is 123 Å². The van der Waals surface area contributed by atoms with Crippen LogP contribution in [0.15, 0.2) is 36.4 Å². The Kier molecular flexibility index (Phi) is 3.29. The van der Waals surface area contributed by atoms with Crippen molar-refractivity contribution in [2.24, 2.45) is 0 Å². The van der Waals surface area contributed by atoms with Gasteiger partial charge in [0, 0.05) is 18.8 Å². The number of benzene rings is 2. The number of nitrogens with two attached hydrogens (primary N) is 1. The Balaban J connectivity index is 1.89. The standard InChI is InChI=1S/C17H18N2O2/c1-11-3-2-4-15(16(11)20)17(21)19-8-7-12-5-6-14(18)9-13(12)10-19/h2-6,9,20H,7-8,10,18H2,1H3. The lowest BCUT2D eigenvalue weighted by molar-refractivity contribution is 0.0731. The first-order valence-electron chi connectivity index (χ1n) is 7.01. The molecule has 3 N–H and O–H groups in total. The van der Waals surface area contributed by atoms with Gasteiger partial charge in [-0.15, -0.1) is 0 Å². The van der Waals surface area contributed by atoms with E-state index in [-0.39, 0.29) is 11.7 Å². The third-order valence-electron chi connectivity index (χ3n) is 4.00. The van der Waals surface area contributed by atoms with Gasteiger partial charge < -0.3 is 15.7 Å². The molecule has 21 heavy (non-hydrogen) atoms. The van der Waals surface area contributed by atoms with Gasteiger partial charge in [0.1, 0.15) is 5.75 Å². The number of para-hydroxylation sites is 1. The van der Waals surface area contributed by atoms with Gasteiger partial charge in [0.05, 0.1) is 5.56 Å². The Morgan fingerprint density at radius 2 is 2.05 bits per heavy atom. The Bertz CT molecular complexity index is 710. The number of carbonyl (C=O) groups is 1. The summed E-state index contributed by atoms with van der Waals surface area (Å²) in [6.07, 6.45) is 0.813. The highest BCUT2D eigenvalue weighted by molar-refractivity contribution is 5.97. The van der Waals surface area contributed by atoms with Crippen LogP contribution in [0, 0.1) is 6.92 Å². The van der Waals surface area contributed by atoms with Crippen molar-refractivity contribution in [1.82, 2.24) is 4.90 Å². The molecule has 2 aromatic carbocycles. The first-order valence-corrected chi connectivity index (χ1v) is 7.01. The number of amides is 1. The van der Waals surface area contributed by atoms with E-state index in [0.29, 0.717) is 29.9 Å². The van der Waals surface area contributed by atoms with Crippen molar-refractivity contribution in [3.8, 4) is 5.75 Å². The van der Waals surface area contributed by atoms with Crippen LogP contribution in [-0.4, -0.2) is 22.5 Å². The molecule has 1 amide bonds. The fourth-order valence-electron chi connectivity index (χ4n) is 2.75. The molecule has 4 nitrogen and oxygen atoms in total. The molecule has 3 rings (SSSR count). The van der Waals surface area contributed by atoms with Crippen LogP contribution >= 0.6 is 0 Å². The summed E-state index contributed by atoms with van der Waals surface area (Å²) < 4.78 is 0. The van der Waals surface area contributed by atoms with Crippen molar-refractivity contribution in [2.45, 2.75) is 19.9 Å². The number of nitrogens with zero attached hydrogens (tertiary/aromatic N) is 1. The summed E-state index contributed by atoms with van der Waals surface area (Å²) in [5.74, 6) is -0.0647. The van der Waals surface area contributed by atoms with Gasteiger partial charge in [0.25, 0.3) is 5.91 Å². The number of nitrogen functional groups attached to an aromatic ring is 1. The molecule has 0 saturated carbocycles. The van der Waals surface area contributed by atoms with Gasteiger partial charge in [0.2, 0.25) is 0 Å². The van der Waals surface area contributed by atoms with Gasteiger partial charge in [-0.2, -0.15) is 0 Å². The minimum absolute atomic E-state index is 0.0703. The highest BCUT2D eigenvalue weighted by atomic mass is 16.3. The molecule has 1 heterocycles. The number of hydrogen-bond acceptors (Lipinski definition) is 3. The number of rotatable bonds is 1. The summed E-state index contributed by atoms with van der Waals surface area (Å²) in [6, 6.07) is 11.1. The van der Waals surface area contributed by atoms with Crippen molar-refractivity contribution in [3.63, 3.8) is 0 Å². The molecule has 1 aliphatic rings.